The molecule has 14 heteroatoms. The highest BCUT2D eigenvalue weighted by Gasteiger charge is 2.19. The van der Waals surface area contributed by atoms with E-state index in [1.54, 1.807) is 37.3 Å². The summed E-state index contributed by atoms with van der Waals surface area (Å²) in [7, 11) is 0. The number of carbonyl (C=O) groups is 4. The highest BCUT2D eigenvalue weighted by Crippen LogP contribution is 2.26. The monoisotopic (exact) mass is 727 g/mol. The summed E-state index contributed by atoms with van der Waals surface area (Å²) in [5.74, 6) is -1.12. The normalized spacial score (nSPS) is 11.7. The van der Waals surface area contributed by atoms with Crippen LogP contribution in [0.25, 0.3) is 0 Å². The lowest BCUT2D eigenvalue weighted by Crippen LogP contribution is -2.25. The number of aryl methyl sites for hydroxylation is 2. The Labute approximate surface area is 299 Å². The first-order valence-corrected chi connectivity index (χ1v) is 17.0. The second-order valence-corrected chi connectivity index (χ2v) is 13.2. The number of hydrogen-bond acceptors (Lipinski definition) is 9. The van der Waals surface area contributed by atoms with Crippen LogP contribution in [0, 0.1) is 19.8 Å². The lowest BCUT2D eigenvalue weighted by Gasteiger charge is -2.13. The van der Waals surface area contributed by atoms with Gasteiger partial charge in [-0.25, -0.2) is 4.98 Å². The molecule has 0 radical (unpaired) electrons. The molecule has 11 nitrogen and oxygen atoms in total. The molecular weight excluding hydrogens is 689 g/mol. The molecule has 2 atom stereocenters. The van der Waals surface area contributed by atoms with Crippen LogP contribution >= 0.6 is 35.0 Å². The zero-order valence-corrected chi connectivity index (χ0v) is 30.2. The smallest absolute Gasteiger partial charge is 0.319 e. The number of carbonyl (C=O) groups excluding carboxylic acids is 4. The number of nitrogens with zero attached hydrogens (tertiary/aromatic N) is 2. The summed E-state index contributed by atoms with van der Waals surface area (Å²) >= 11 is 13.2. The van der Waals surface area contributed by atoms with Gasteiger partial charge in [0.1, 0.15) is 29.7 Å². The van der Waals surface area contributed by atoms with Gasteiger partial charge in [-0.15, -0.1) is 0 Å². The predicted octanol–water partition coefficient (Wildman–Crippen LogP) is 7.60. The first kappa shape index (κ1) is 39.1. The zero-order chi connectivity index (χ0) is 35.9. The molecule has 1 heterocycles. The van der Waals surface area contributed by atoms with Crippen molar-refractivity contribution in [1.82, 2.24) is 15.2 Å². The molecule has 0 fully saturated rings. The Kier molecular flexibility index (Phi) is 15.6. The largest absolute Gasteiger partial charge is 0.493 e. The minimum absolute atomic E-state index is 0.170. The number of aromatic nitrogens is 3. The molecule has 4 rings (SSSR count). The molecule has 2 amide bonds. The zero-order valence-electron chi connectivity index (χ0n) is 27.8. The maximum absolute atomic E-state index is 12.2. The van der Waals surface area contributed by atoms with Gasteiger partial charge < -0.3 is 20.1 Å². The lowest BCUT2D eigenvalue weighted by atomic mass is 10.1. The SMILES string of the molecule is CC(=O)C(C)C(=O)Nc1cc(NC(=O)CCCOc2ccc(C)cc2C)ccc1Cl.CC(Sc1ncn[nH]1)C(=O)OCc1ccc(Cl)cc1. The van der Waals surface area contributed by atoms with Crippen molar-refractivity contribution in [3.63, 3.8) is 0 Å². The average Bonchev–Trinajstić information content (AvgIpc) is 3.58. The number of amides is 2. The maximum Gasteiger partial charge on any atom is 0.319 e. The van der Waals surface area contributed by atoms with E-state index in [0.29, 0.717) is 39.6 Å². The molecule has 0 saturated heterocycles. The summed E-state index contributed by atoms with van der Waals surface area (Å²) < 4.78 is 11.0. The van der Waals surface area contributed by atoms with E-state index in [-0.39, 0.29) is 35.9 Å². The Morgan fingerprint density at radius 2 is 1.69 bits per heavy atom. The van der Waals surface area contributed by atoms with Gasteiger partial charge in [-0.2, -0.15) is 5.10 Å². The first-order valence-electron chi connectivity index (χ1n) is 15.4. The van der Waals surface area contributed by atoms with Gasteiger partial charge in [0.2, 0.25) is 11.8 Å². The Balaban J connectivity index is 0.000000293. The molecule has 0 bridgehead atoms. The van der Waals surface area contributed by atoms with E-state index < -0.39 is 11.8 Å². The number of aromatic amines is 1. The van der Waals surface area contributed by atoms with Crippen molar-refractivity contribution in [1.29, 1.82) is 0 Å². The average molecular weight is 729 g/mol. The summed E-state index contributed by atoms with van der Waals surface area (Å²) in [6.07, 6.45) is 2.25. The topological polar surface area (TPSA) is 152 Å². The van der Waals surface area contributed by atoms with Gasteiger partial charge in [-0.05, 0) is 88.6 Å². The van der Waals surface area contributed by atoms with Crippen LogP contribution in [0.5, 0.6) is 5.75 Å². The summed E-state index contributed by atoms with van der Waals surface area (Å²) in [4.78, 5) is 51.4. The van der Waals surface area contributed by atoms with Crippen LogP contribution in [0.2, 0.25) is 10.0 Å². The van der Waals surface area contributed by atoms with E-state index in [9.17, 15) is 19.2 Å². The molecule has 0 saturated carbocycles. The third-order valence-electron chi connectivity index (χ3n) is 6.95. The minimum atomic E-state index is -0.781. The molecule has 260 valence electrons. The van der Waals surface area contributed by atoms with E-state index in [1.165, 1.54) is 37.5 Å². The fourth-order valence-corrected chi connectivity index (χ4v) is 5.05. The van der Waals surface area contributed by atoms with Gasteiger partial charge in [0.15, 0.2) is 5.16 Å². The summed E-state index contributed by atoms with van der Waals surface area (Å²) in [5.41, 5.74) is 3.98. The standard InChI is InChI=1S/C23H27ClN2O4.C12H12ClN3O2S/c1-14-7-10-21(15(2)12-14)30-11-5-6-22(28)25-18-8-9-19(24)20(13-18)26-23(29)16(3)17(4)27;1-8(19-12-14-7-15-16-12)11(17)18-6-9-2-4-10(13)5-3-9/h7-10,12-13,16H,5-6,11H2,1-4H3,(H,25,28)(H,26,29);2-5,7-8H,6H2,1H3,(H,14,15,16). The quantitative estimate of drug-likeness (QED) is 0.0516. The first-order chi connectivity index (χ1) is 23.3. The van der Waals surface area contributed by atoms with Crippen molar-refractivity contribution in [3.8, 4) is 5.75 Å². The Hall–Kier alpha value is -4.39. The number of esters is 1. The molecule has 3 aromatic carbocycles. The van der Waals surface area contributed by atoms with Gasteiger partial charge in [0, 0.05) is 17.1 Å². The van der Waals surface area contributed by atoms with E-state index in [0.717, 1.165) is 16.9 Å². The second kappa shape index (κ2) is 19.6. The highest BCUT2D eigenvalue weighted by molar-refractivity contribution is 8.00. The van der Waals surface area contributed by atoms with Crippen molar-refractivity contribution < 1.29 is 28.7 Å². The molecule has 3 N–H and O–H groups in total. The second-order valence-electron chi connectivity index (χ2n) is 11.1. The molecule has 1 aromatic heterocycles. The van der Waals surface area contributed by atoms with Crippen LogP contribution in [-0.4, -0.2) is 50.6 Å². The third-order valence-corrected chi connectivity index (χ3v) is 8.50. The summed E-state index contributed by atoms with van der Waals surface area (Å²) in [5, 5.41) is 13.0. The Bertz CT molecular complexity index is 1720. The predicted molar refractivity (Wildman–Crippen MR) is 192 cm³/mol. The third kappa shape index (κ3) is 13.6. The number of ether oxygens (including phenoxy) is 2. The molecule has 0 aliphatic rings. The molecule has 0 aliphatic heterocycles. The number of H-pyrrole nitrogens is 1. The minimum Gasteiger partial charge on any atom is -0.493 e. The number of hydrogen-bond donors (Lipinski definition) is 3. The van der Waals surface area contributed by atoms with Gasteiger partial charge >= 0.3 is 5.97 Å². The van der Waals surface area contributed by atoms with Crippen LogP contribution in [0.1, 0.15) is 50.3 Å². The number of ketones is 1. The Morgan fingerprint density at radius 3 is 2.35 bits per heavy atom. The summed E-state index contributed by atoms with van der Waals surface area (Å²) in [6.45, 7) is 9.32. The van der Waals surface area contributed by atoms with Crippen molar-refractivity contribution >= 4 is 69.9 Å². The van der Waals surface area contributed by atoms with Crippen molar-refractivity contribution in [2.75, 3.05) is 17.2 Å². The number of thioether (sulfide) groups is 1. The molecule has 0 spiro atoms. The van der Waals surface area contributed by atoms with Crippen LogP contribution in [0.4, 0.5) is 11.4 Å². The van der Waals surface area contributed by atoms with E-state index >= 15 is 0 Å². The fraction of sp³-hybridized carbons (Fsp3) is 0.314. The van der Waals surface area contributed by atoms with Gasteiger partial charge in [0.05, 0.1) is 23.2 Å². The van der Waals surface area contributed by atoms with Gasteiger partial charge in [-0.3, -0.25) is 24.3 Å². The molecular formula is C35H39Cl2N5O6S. The number of Topliss-reactive ketones (excluding diaryl/α,β-unsaturated/α-hetero) is 1. The van der Waals surface area contributed by atoms with E-state index in [1.807, 2.05) is 38.1 Å². The number of anilines is 2. The highest BCUT2D eigenvalue weighted by atomic mass is 35.5. The number of nitrogens with one attached hydrogen (secondary N) is 3. The van der Waals surface area contributed by atoms with Gasteiger partial charge in [-0.1, -0.05) is 64.8 Å². The van der Waals surface area contributed by atoms with E-state index in [4.69, 9.17) is 32.7 Å². The molecule has 4 aromatic rings. The number of benzene rings is 3. The fourth-order valence-electron chi connectivity index (χ4n) is 4.04. The molecule has 0 aliphatic carbocycles. The number of rotatable bonds is 14. The van der Waals surface area contributed by atoms with Crippen LogP contribution < -0.4 is 15.4 Å². The van der Waals surface area contributed by atoms with Gasteiger partial charge in [0.25, 0.3) is 0 Å². The summed E-state index contributed by atoms with van der Waals surface area (Å²) in [6, 6.07) is 17.9. The molecule has 49 heavy (non-hydrogen) atoms. The van der Waals surface area contributed by atoms with Crippen LogP contribution in [0.15, 0.2) is 72.1 Å². The maximum atomic E-state index is 12.2. The molecule has 2 unspecified atom stereocenters. The lowest BCUT2D eigenvalue weighted by molar-refractivity contribution is -0.144. The van der Waals surface area contributed by atoms with Crippen molar-refractivity contribution in [3.05, 3.63) is 93.7 Å². The number of halogens is 2. The van der Waals surface area contributed by atoms with Crippen LogP contribution in [0.3, 0.4) is 0 Å². The van der Waals surface area contributed by atoms with Crippen molar-refractivity contribution in [2.45, 2.75) is 64.5 Å². The van der Waals surface area contributed by atoms with Crippen molar-refractivity contribution in [2.24, 2.45) is 5.92 Å². The van der Waals surface area contributed by atoms with Crippen LogP contribution in [-0.2, 0) is 30.5 Å². The Morgan fingerprint density at radius 1 is 0.959 bits per heavy atom. The van der Waals surface area contributed by atoms with E-state index in [2.05, 4.69) is 31.9 Å².